The standard InChI is InChI=1S/2C10H20O2.C6H14O4/c2*1-2-3-4-5-6-7-8-9-10(11)12;7-1-3-9-5-6-10-4-2-8/h2*2-9H2,1H3,(H,11,12);7-8H,1-6H2. The van der Waals surface area contributed by atoms with Gasteiger partial charge in [-0.25, -0.2) is 0 Å². The van der Waals surface area contributed by atoms with Crippen LogP contribution >= 0.6 is 0 Å². The summed E-state index contributed by atoms with van der Waals surface area (Å²) in [5, 5.41) is 33.2. The predicted molar refractivity (Wildman–Crippen MR) is 136 cm³/mol. The van der Waals surface area contributed by atoms with E-state index in [2.05, 4.69) is 13.8 Å². The third kappa shape index (κ3) is 48.3. The monoisotopic (exact) mass is 494 g/mol. The fourth-order valence-corrected chi connectivity index (χ4v) is 2.92. The molecule has 0 saturated heterocycles. The van der Waals surface area contributed by atoms with E-state index in [-0.39, 0.29) is 13.2 Å². The van der Waals surface area contributed by atoms with Gasteiger partial charge in [-0.15, -0.1) is 0 Å². The molecule has 0 rings (SSSR count). The minimum Gasteiger partial charge on any atom is -0.481 e. The molecular formula is C26H54O8. The SMILES string of the molecule is CCCCCCCCCC(=O)O.CCCCCCCCCC(=O)O.OCCOCCOCCO. The first kappa shape index (κ1) is 37.3. The van der Waals surface area contributed by atoms with Gasteiger partial charge >= 0.3 is 11.9 Å². The molecule has 0 bridgehead atoms. The Morgan fingerprint density at radius 1 is 0.500 bits per heavy atom. The second-order valence-corrected chi connectivity index (χ2v) is 8.20. The van der Waals surface area contributed by atoms with Crippen molar-refractivity contribution in [2.24, 2.45) is 0 Å². The lowest BCUT2D eigenvalue weighted by molar-refractivity contribution is -0.138. The van der Waals surface area contributed by atoms with Gasteiger partial charge in [0.15, 0.2) is 0 Å². The Labute approximate surface area is 208 Å². The molecule has 0 aliphatic carbocycles. The zero-order valence-electron chi connectivity index (χ0n) is 22.0. The van der Waals surface area contributed by atoms with Crippen LogP contribution in [-0.4, -0.2) is 72.0 Å². The van der Waals surface area contributed by atoms with Crippen LogP contribution in [0.2, 0.25) is 0 Å². The molecule has 0 amide bonds. The van der Waals surface area contributed by atoms with Crippen molar-refractivity contribution < 1.29 is 39.5 Å². The average molecular weight is 495 g/mol. The number of aliphatic hydroxyl groups excluding tert-OH is 2. The van der Waals surface area contributed by atoms with Gasteiger partial charge in [-0.3, -0.25) is 9.59 Å². The average Bonchev–Trinajstić information content (AvgIpc) is 2.81. The van der Waals surface area contributed by atoms with Gasteiger partial charge in [0, 0.05) is 12.8 Å². The number of carbonyl (C=O) groups is 2. The molecule has 0 aromatic rings. The van der Waals surface area contributed by atoms with Crippen molar-refractivity contribution in [3.63, 3.8) is 0 Å². The van der Waals surface area contributed by atoms with Gasteiger partial charge in [-0.1, -0.05) is 90.9 Å². The summed E-state index contributed by atoms with van der Waals surface area (Å²) in [5.74, 6) is -1.33. The van der Waals surface area contributed by atoms with Crippen LogP contribution < -0.4 is 0 Å². The number of aliphatic carboxylic acids is 2. The Morgan fingerprint density at radius 2 is 0.794 bits per heavy atom. The largest absolute Gasteiger partial charge is 0.481 e. The van der Waals surface area contributed by atoms with Crippen molar-refractivity contribution in [3.05, 3.63) is 0 Å². The van der Waals surface area contributed by atoms with E-state index in [0.717, 1.165) is 25.7 Å². The number of carboxylic acid groups (broad SMARTS) is 2. The quantitative estimate of drug-likeness (QED) is 0.138. The molecule has 0 spiro atoms. The Morgan fingerprint density at radius 3 is 1.06 bits per heavy atom. The van der Waals surface area contributed by atoms with Crippen LogP contribution in [0, 0.1) is 0 Å². The lowest BCUT2D eigenvalue weighted by Crippen LogP contribution is -2.09. The molecular weight excluding hydrogens is 440 g/mol. The molecule has 8 heteroatoms. The first-order valence-electron chi connectivity index (χ1n) is 13.3. The summed E-state index contributed by atoms with van der Waals surface area (Å²) in [7, 11) is 0. The number of unbranched alkanes of at least 4 members (excludes halogenated alkanes) is 12. The molecule has 0 aliphatic rings. The second kappa shape index (κ2) is 36.4. The van der Waals surface area contributed by atoms with Gasteiger partial charge in [0.1, 0.15) is 0 Å². The van der Waals surface area contributed by atoms with Crippen LogP contribution in [0.5, 0.6) is 0 Å². The molecule has 0 radical (unpaired) electrons. The van der Waals surface area contributed by atoms with E-state index in [9.17, 15) is 9.59 Å². The van der Waals surface area contributed by atoms with Crippen molar-refractivity contribution in [1.29, 1.82) is 0 Å². The van der Waals surface area contributed by atoms with Crippen molar-refractivity contribution in [3.8, 4) is 0 Å². The molecule has 0 aromatic carbocycles. The topological polar surface area (TPSA) is 134 Å². The van der Waals surface area contributed by atoms with Crippen LogP contribution in [0.4, 0.5) is 0 Å². The maximum Gasteiger partial charge on any atom is 0.303 e. The van der Waals surface area contributed by atoms with Crippen LogP contribution in [0.3, 0.4) is 0 Å². The summed E-state index contributed by atoms with van der Waals surface area (Å²) in [4.78, 5) is 20.3. The first-order valence-corrected chi connectivity index (χ1v) is 13.3. The van der Waals surface area contributed by atoms with Gasteiger partial charge in [0.2, 0.25) is 0 Å². The molecule has 0 atom stereocenters. The van der Waals surface area contributed by atoms with Crippen molar-refractivity contribution in [1.82, 2.24) is 0 Å². The zero-order chi connectivity index (χ0) is 26.1. The highest BCUT2D eigenvalue weighted by atomic mass is 16.5. The van der Waals surface area contributed by atoms with Crippen LogP contribution in [0.25, 0.3) is 0 Å². The summed E-state index contributed by atoms with van der Waals surface area (Å²) in [6.07, 6.45) is 17.3. The maximum absolute atomic E-state index is 10.1. The molecule has 34 heavy (non-hydrogen) atoms. The molecule has 0 saturated carbocycles. The molecule has 0 unspecified atom stereocenters. The third-order valence-electron chi connectivity index (χ3n) is 4.83. The maximum atomic E-state index is 10.1. The Bertz CT molecular complexity index is 355. The van der Waals surface area contributed by atoms with Crippen molar-refractivity contribution >= 4 is 11.9 Å². The van der Waals surface area contributed by atoms with Crippen LogP contribution in [-0.2, 0) is 19.1 Å². The second-order valence-electron chi connectivity index (χ2n) is 8.20. The van der Waals surface area contributed by atoms with Gasteiger partial charge in [0.25, 0.3) is 0 Å². The van der Waals surface area contributed by atoms with E-state index < -0.39 is 11.9 Å². The Kier molecular flexibility index (Phi) is 39.9. The third-order valence-corrected chi connectivity index (χ3v) is 4.83. The Hall–Kier alpha value is -1.22. The summed E-state index contributed by atoms with van der Waals surface area (Å²) in [6.45, 7) is 6.13. The van der Waals surface area contributed by atoms with Gasteiger partial charge in [-0.05, 0) is 12.8 Å². The number of hydrogen-bond donors (Lipinski definition) is 4. The van der Waals surface area contributed by atoms with Gasteiger partial charge < -0.3 is 29.9 Å². The molecule has 8 nitrogen and oxygen atoms in total. The summed E-state index contributed by atoms with van der Waals surface area (Å²) in [5.41, 5.74) is 0. The van der Waals surface area contributed by atoms with Crippen molar-refractivity contribution in [2.45, 2.75) is 117 Å². The molecule has 4 N–H and O–H groups in total. The minimum absolute atomic E-state index is 0.0417. The zero-order valence-corrected chi connectivity index (χ0v) is 22.0. The van der Waals surface area contributed by atoms with Crippen LogP contribution in [0.15, 0.2) is 0 Å². The highest BCUT2D eigenvalue weighted by Gasteiger charge is 1.96. The van der Waals surface area contributed by atoms with E-state index in [4.69, 9.17) is 29.9 Å². The fraction of sp³-hybridized carbons (Fsp3) is 0.923. The first-order chi connectivity index (χ1) is 16.5. The van der Waals surface area contributed by atoms with E-state index in [1.807, 2.05) is 0 Å². The van der Waals surface area contributed by atoms with Crippen LogP contribution in [0.1, 0.15) is 117 Å². The number of aliphatic hydroxyl groups is 2. The molecule has 206 valence electrons. The summed E-state index contributed by atoms with van der Waals surface area (Å²) < 4.78 is 9.75. The molecule has 0 aromatic heterocycles. The lowest BCUT2D eigenvalue weighted by Gasteiger charge is -2.01. The van der Waals surface area contributed by atoms with E-state index in [1.54, 1.807) is 0 Å². The van der Waals surface area contributed by atoms with E-state index >= 15 is 0 Å². The van der Waals surface area contributed by atoms with E-state index in [0.29, 0.717) is 39.3 Å². The number of ether oxygens (including phenoxy) is 2. The number of carboxylic acids is 2. The predicted octanol–water partition coefficient (Wildman–Crippen LogP) is 5.43. The Balaban J connectivity index is -0.000000426. The number of hydrogen-bond acceptors (Lipinski definition) is 6. The number of rotatable bonds is 23. The smallest absolute Gasteiger partial charge is 0.303 e. The molecule has 0 heterocycles. The van der Waals surface area contributed by atoms with E-state index in [1.165, 1.54) is 64.2 Å². The lowest BCUT2D eigenvalue weighted by atomic mass is 10.1. The minimum atomic E-state index is -0.663. The van der Waals surface area contributed by atoms with Crippen molar-refractivity contribution in [2.75, 3.05) is 39.6 Å². The van der Waals surface area contributed by atoms with Gasteiger partial charge in [0.05, 0.1) is 39.6 Å². The summed E-state index contributed by atoms with van der Waals surface area (Å²) >= 11 is 0. The normalized spacial score (nSPS) is 10.1. The fourth-order valence-electron chi connectivity index (χ4n) is 2.92. The highest BCUT2D eigenvalue weighted by Crippen LogP contribution is 2.08. The highest BCUT2D eigenvalue weighted by molar-refractivity contribution is 5.66. The molecule has 0 fully saturated rings. The van der Waals surface area contributed by atoms with Gasteiger partial charge in [-0.2, -0.15) is 0 Å². The summed E-state index contributed by atoms with van der Waals surface area (Å²) in [6, 6.07) is 0. The molecule has 0 aliphatic heterocycles.